The van der Waals surface area contributed by atoms with Gasteiger partial charge in [-0.3, -0.25) is 0 Å². The van der Waals surface area contributed by atoms with Gasteiger partial charge >= 0.3 is 0 Å². The zero-order chi connectivity index (χ0) is 9.14. The zero-order valence-electron chi connectivity index (χ0n) is 6.88. The standard InChI is InChI=1S/C6H12O5/c1-10-5-4(8)3(7)2-11-6(5)9/h3-9H,2H2,1H3/t3-,4+,5-,6?/m1/s1/i1D. The van der Waals surface area contributed by atoms with Crippen LogP contribution in [0.1, 0.15) is 1.37 Å². The SMILES string of the molecule is [2H]CO[C@H]1C(O)OC[C@@H](O)[C@@H]1O. The van der Waals surface area contributed by atoms with E-state index in [1.165, 1.54) is 0 Å². The number of methoxy groups -OCH3 is 1. The highest BCUT2D eigenvalue weighted by Gasteiger charge is 2.37. The van der Waals surface area contributed by atoms with Gasteiger partial charge in [0.05, 0.1) is 7.98 Å². The van der Waals surface area contributed by atoms with Crippen LogP contribution in [0, 0.1) is 0 Å². The van der Waals surface area contributed by atoms with Crippen LogP contribution in [0.15, 0.2) is 0 Å². The largest absolute Gasteiger partial charge is 0.388 e. The van der Waals surface area contributed by atoms with Crippen LogP contribution in [-0.2, 0) is 9.47 Å². The van der Waals surface area contributed by atoms with Crippen molar-refractivity contribution in [3.63, 3.8) is 0 Å². The summed E-state index contributed by atoms with van der Waals surface area (Å²) in [6, 6.07) is 0. The van der Waals surface area contributed by atoms with Gasteiger partial charge in [0.25, 0.3) is 0 Å². The fourth-order valence-corrected chi connectivity index (χ4v) is 0.959. The van der Waals surface area contributed by atoms with Crippen molar-refractivity contribution < 1.29 is 26.2 Å². The highest BCUT2D eigenvalue weighted by atomic mass is 16.6. The van der Waals surface area contributed by atoms with E-state index in [1.807, 2.05) is 0 Å². The molecule has 1 unspecified atom stereocenters. The van der Waals surface area contributed by atoms with Crippen LogP contribution in [0.3, 0.4) is 0 Å². The van der Waals surface area contributed by atoms with Gasteiger partial charge in [0, 0.05) is 7.09 Å². The summed E-state index contributed by atoms with van der Waals surface area (Å²) in [7, 11) is -0.394. The van der Waals surface area contributed by atoms with Crippen LogP contribution >= 0.6 is 0 Å². The third kappa shape index (κ3) is 1.69. The molecule has 0 amide bonds. The lowest BCUT2D eigenvalue weighted by molar-refractivity contribution is -0.258. The molecule has 1 saturated heterocycles. The van der Waals surface area contributed by atoms with Gasteiger partial charge in [-0.15, -0.1) is 0 Å². The number of aliphatic hydroxyl groups is 3. The van der Waals surface area contributed by atoms with Crippen molar-refractivity contribution in [3.05, 3.63) is 0 Å². The number of rotatable bonds is 1. The first-order valence-corrected chi connectivity index (χ1v) is 3.23. The minimum atomic E-state index is -1.27. The molecule has 1 aliphatic rings. The van der Waals surface area contributed by atoms with E-state index in [0.29, 0.717) is 0 Å². The van der Waals surface area contributed by atoms with Crippen molar-refractivity contribution >= 4 is 0 Å². The lowest BCUT2D eigenvalue weighted by Gasteiger charge is -2.34. The molecule has 0 aliphatic carbocycles. The molecule has 3 N–H and O–H groups in total. The molecule has 5 heteroatoms. The Morgan fingerprint density at radius 1 is 1.55 bits per heavy atom. The molecule has 0 aromatic heterocycles. The van der Waals surface area contributed by atoms with Crippen LogP contribution < -0.4 is 0 Å². The van der Waals surface area contributed by atoms with E-state index in [0.717, 1.165) is 0 Å². The Hall–Kier alpha value is -0.200. The van der Waals surface area contributed by atoms with E-state index in [9.17, 15) is 5.11 Å². The topological polar surface area (TPSA) is 79.2 Å². The number of hydrogen-bond acceptors (Lipinski definition) is 5. The first-order valence-electron chi connectivity index (χ1n) is 3.94. The molecule has 11 heavy (non-hydrogen) atoms. The lowest BCUT2D eigenvalue weighted by Crippen LogP contribution is -2.53. The maximum atomic E-state index is 9.24. The van der Waals surface area contributed by atoms with Gasteiger partial charge in [0.2, 0.25) is 0 Å². The van der Waals surface area contributed by atoms with E-state index in [2.05, 4.69) is 9.47 Å². The van der Waals surface area contributed by atoms with E-state index in [4.69, 9.17) is 11.6 Å². The molecule has 0 aromatic rings. The Morgan fingerprint density at radius 2 is 2.27 bits per heavy atom. The summed E-state index contributed by atoms with van der Waals surface area (Å²) in [6.07, 6.45) is -4.57. The minimum absolute atomic E-state index is 0.125. The third-order valence-corrected chi connectivity index (χ3v) is 1.64. The predicted molar refractivity (Wildman–Crippen MR) is 34.8 cm³/mol. The summed E-state index contributed by atoms with van der Waals surface area (Å²) in [5.41, 5.74) is 0. The fraction of sp³-hybridized carbons (Fsp3) is 1.00. The van der Waals surface area contributed by atoms with E-state index in [1.54, 1.807) is 0 Å². The minimum Gasteiger partial charge on any atom is -0.388 e. The van der Waals surface area contributed by atoms with Gasteiger partial charge in [-0.05, 0) is 0 Å². The summed E-state index contributed by atoms with van der Waals surface area (Å²) in [5, 5.41) is 27.4. The highest BCUT2D eigenvalue weighted by Crippen LogP contribution is 2.15. The quantitative estimate of drug-likeness (QED) is 0.422. The predicted octanol–water partition coefficient (Wildman–Crippen LogP) is -1.93. The molecule has 0 spiro atoms. The molecule has 66 valence electrons. The van der Waals surface area contributed by atoms with Crippen molar-refractivity contribution in [2.24, 2.45) is 0 Å². The average molecular weight is 165 g/mol. The third-order valence-electron chi connectivity index (χ3n) is 1.64. The second kappa shape index (κ2) is 3.46. The fourth-order valence-electron chi connectivity index (χ4n) is 0.959. The van der Waals surface area contributed by atoms with Gasteiger partial charge in [-0.25, -0.2) is 0 Å². The number of aliphatic hydroxyl groups excluding tert-OH is 3. The van der Waals surface area contributed by atoms with Crippen molar-refractivity contribution in [2.75, 3.05) is 13.7 Å². The maximum Gasteiger partial charge on any atom is 0.183 e. The van der Waals surface area contributed by atoms with Crippen LogP contribution in [0.25, 0.3) is 0 Å². The molecule has 4 atom stereocenters. The molecule has 0 saturated carbocycles. The van der Waals surface area contributed by atoms with Crippen molar-refractivity contribution in [3.8, 4) is 0 Å². The van der Waals surface area contributed by atoms with Crippen LogP contribution in [0.4, 0.5) is 0 Å². The van der Waals surface area contributed by atoms with Gasteiger partial charge in [0.1, 0.15) is 18.3 Å². The lowest BCUT2D eigenvalue weighted by atomic mass is 10.1. The molecule has 1 heterocycles. The summed E-state index contributed by atoms with van der Waals surface area (Å²) in [6.45, 7) is -0.125. The maximum absolute atomic E-state index is 9.24. The normalized spacial score (nSPS) is 47.0. The summed E-state index contributed by atoms with van der Waals surface area (Å²) >= 11 is 0. The van der Waals surface area contributed by atoms with Gasteiger partial charge in [-0.2, -0.15) is 0 Å². The monoisotopic (exact) mass is 165 g/mol. The first kappa shape index (κ1) is 7.45. The first-order chi connectivity index (χ1) is 5.66. The molecule has 0 bridgehead atoms. The van der Waals surface area contributed by atoms with Crippen molar-refractivity contribution in [2.45, 2.75) is 24.6 Å². The molecule has 0 radical (unpaired) electrons. The van der Waals surface area contributed by atoms with E-state index >= 15 is 0 Å². The Kier molecular flexibility index (Phi) is 2.35. The van der Waals surface area contributed by atoms with Gasteiger partial charge < -0.3 is 24.8 Å². The van der Waals surface area contributed by atoms with Crippen LogP contribution in [0.5, 0.6) is 0 Å². The number of hydrogen-bond donors (Lipinski definition) is 3. The second-order valence-electron chi connectivity index (χ2n) is 2.41. The Balaban J connectivity index is 2.52. The second-order valence-corrected chi connectivity index (χ2v) is 2.41. The smallest absolute Gasteiger partial charge is 0.183 e. The van der Waals surface area contributed by atoms with Gasteiger partial charge in [0.15, 0.2) is 6.29 Å². The Bertz CT molecular complexity index is 144. The van der Waals surface area contributed by atoms with Crippen molar-refractivity contribution in [1.29, 1.82) is 0 Å². The summed E-state index contributed by atoms with van der Waals surface area (Å²) < 4.78 is 16.0. The average Bonchev–Trinajstić information content (AvgIpc) is 2.06. The number of ether oxygens (including phenoxy) is 2. The van der Waals surface area contributed by atoms with E-state index in [-0.39, 0.29) is 6.61 Å². The highest BCUT2D eigenvalue weighted by molar-refractivity contribution is 4.82. The van der Waals surface area contributed by atoms with Crippen molar-refractivity contribution in [1.82, 2.24) is 0 Å². The molecule has 5 nitrogen and oxygen atoms in total. The molecule has 0 aromatic carbocycles. The molecule has 1 rings (SSSR count). The Morgan fingerprint density at radius 3 is 2.91 bits per heavy atom. The van der Waals surface area contributed by atoms with Crippen LogP contribution in [-0.4, -0.2) is 53.6 Å². The molecule has 1 aliphatic heterocycles. The van der Waals surface area contributed by atoms with E-state index < -0.39 is 31.7 Å². The molecular formula is C6H12O5. The van der Waals surface area contributed by atoms with Gasteiger partial charge in [-0.1, -0.05) is 0 Å². The zero-order valence-corrected chi connectivity index (χ0v) is 5.88. The Labute approximate surface area is 65.6 Å². The summed E-state index contributed by atoms with van der Waals surface area (Å²) in [5.74, 6) is 0. The molecular weight excluding hydrogens is 152 g/mol. The molecule has 1 fully saturated rings. The summed E-state index contributed by atoms with van der Waals surface area (Å²) in [4.78, 5) is 0. The van der Waals surface area contributed by atoms with Crippen LogP contribution in [0.2, 0.25) is 0 Å².